The highest BCUT2D eigenvalue weighted by atomic mass is 16.1. The van der Waals surface area contributed by atoms with Gasteiger partial charge < -0.3 is 10.3 Å². The first-order valence-electron chi connectivity index (χ1n) is 6.02. The Morgan fingerprint density at radius 2 is 2.18 bits per heavy atom. The molecule has 0 radical (unpaired) electrons. The van der Waals surface area contributed by atoms with Crippen LogP contribution in [0.15, 0.2) is 17.1 Å². The molecule has 0 amide bonds. The van der Waals surface area contributed by atoms with E-state index in [1.165, 1.54) is 0 Å². The Balaban J connectivity index is 2.15. The van der Waals surface area contributed by atoms with Crippen molar-refractivity contribution in [2.75, 3.05) is 13.1 Å². The first-order chi connectivity index (χ1) is 8.27. The fraction of sp³-hybridized carbons (Fsp3) is 0.500. The molecule has 0 saturated carbocycles. The monoisotopic (exact) mass is 232 g/mol. The van der Waals surface area contributed by atoms with Crippen LogP contribution in [0.25, 0.3) is 11.0 Å². The lowest BCUT2D eigenvalue weighted by Crippen LogP contribution is -2.31. The van der Waals surface area contributed by atoms with Crippen molar-refractivity contribution in [2.45, 2.75) is 18.8 Å². The van der Waals surface area contributed by atoms with Gasteiger partial charge in [-0.1, -0.05) is 0 Å². The fourth-order valence-corrected chi connectivity index (χ4v) is 2.55. The van der Waals surface area contributed by atoms with E-state index in [1.54, 1.807) is 16.8 Å². The van der Waals surface area contributed by atoms with Gasteiger partial charge in [-0.25, -0.2) is 4.98 Å². The Hall–Kier alpha value is -1.62. The predicted molar refractivity (Wildman–Crippen MR) is 66.2 cm³/mol. The average Bonchev–Trinajstić information content (AvgIpc) is 2.83. The number of hydrogen-bond acceptors (Lipinski definition) is 3. The minimum Gasteiger partial charge on any atom is -0.346 e. The first kappa shape index (κ1) is 10.5. The lowest BCUT2D eigenvalue weighted by molar-refractivity contribution is 0.433. The molecule has 1 fully saturated rings. The van der Waals surface area contributed by atoms with Crippen molar-refractivity contribution in [3.63, 3.8) is 0 Å². The lowest BCUT2D eigenvalue weighted by atomic mass is 9.97. The molecule has 3 rings (SSSR count). The SMILES string of the molecule is Cn1c(C2CCNCC2)nc2[nH]ccc2c1=O. The van der Waals surface area contributed by atoms with Gasteiger partial charge in [0.25, 0.3) is 5.56 Å². The smallest absolute Gasteiger partial charge is 0.262 e. The van der Waals surface area contributed by atoms with E-state index in [2.05, 4.69) is 15.3 Å². The topological polar surface area (TPSA) is 62.7 Å². The maximum atomic E-state index is 12.1. The van der Waals surface area contributed by atoms with Crippen LogP contribution in [-0.2, 0) is 7.05 Å². The molecular formula is C12H16N4O. The Kier molecular flexibility index (Phi) is 2.48. The maximum absolute atomic E-state index is 12.1. The van der Waals surface area contributed by atoms with Crippen LogP contribution in [0.4, 0.5) is 0 Å². The zero-order valence-corrected chi connectivity index (χ0v) is 9.86. The zero-order chi connectivity index (χ0) is 11.8. The van der Waals surface area contributed by atoms with Gasteiger partial charge in [0.2, 0.25) is 0 Å². The summed E-state index contributed by atoms with van der Waals surface area (Å²) < 4.78 is 1.70. The number of aromatic amines is 1. The van der Waals surface area contributed by atoms with Crippen molar-refractivity contribution < 1.29 is 0 Å². The van der Waals surface area contributed by atoms with Crippen LogP contribution < -0.4 is 10.9 Å². The standard InChI is InChI=1S/C12H16N4O/c1-16-11(8-2-5-13-6-3-8)15-10-9(12(16)17)4-7-14-10/h4,7-8,13-14H,2-3,5-6H2,1H3. The maximum Gasteiger partial charge on any atom is 0.262 e. The van der Waals surface area contributed by atoms with Gasteiger partial charge in [-0.2, -0.15) is 0 Å². The molecule has 2 N–H and O–H groups in total. The highest BCUT2D eigenvalue weighted by molar-refractivity contribution is 5.74. The molecule has 0 atom stereocenters. The highest BCUT2D eigenvalue weighted by Crippen LogP contribution is 2.23. The molecule has 2 aromatic heterocycles. The molecule has 0 unspecified atom stereocenters. The van der Waals surface area contributed by atoms with Crippen LogP contribution >= 0.6 is 0 Å². The van der Waals surface area contributed by atoms with Crippen LogP contribution in [-0.4, -0.2) is 27.6 Å². The summed E-state index contributed by atoms with van der Waals surface area (Å²) in [6.07, 6.45) is 3.87. The Morgan fingerprint density at radius 1 is 1.41 bits per heavy atom. The zero-order valence-electron chi connectivity index (χ0n) is 9.86. The van der Waals surface area contributed by atoms with Gasteiger partial charge in [0, 0.05) is 19.2 Å². The molecular weight excluding hydrogens is 216 g/mol. The first-order valence-corrected chi connectivity index (χ1v) is 6.02. The number of fused-ring (bicyclic) bond motifs is 1. The van der Waals surface area contributed by atoms with Gasteiger partial charge in [0.1, 0.15) is 11.5 Å². The second-order valence-corrected chi connectivity index (χ2v) is 4.60. The minimum atomic E-state index is 0.0461. The average molecular weight is 232 g/mol. The van der Waals surface area contributed by atoms with Crippen LogP contribution in [0.5, 0.6) is 0 Å². The Labute approximate surface area is 98.9 Å². The summed E-state index contributed by atoms with van der Waals surface area (Å²) in [6.45, 7) is 2.01. The third kappa shape index (κ3) is 1.67. The lowest BCUT2D eigenvalue weighted by Gasteiger charge is -2.23. The second kappa shape index (κ2) is 4.00. The van der Waals surface area contributed by atoms with E-state index in [9.17, 15) is 4.79 Å². The predicted octanol–water partition coefficient (Wildman–Crippen LogP) is 0.729. The van der Waals surface area contributed by atoms with E-state index in [-0.39, 0.29) is 5.56 Å². The molecule has 0 aliphatic carbocycles. The van der Waals surface area contributed by atoms with Gasteiger partial charge in [-0.05, 0) is 32.0 Å². The van der Waals surface area contributed by atoms with Crippen LogP contribution in [0.1, 0.15) is 24.6 Å². The van der Waals surface area contributed by atoms with Crippen molar-refractivity contribution in [3.8, 4) is 0 Å². The molecule has 3 heterocycles. The summed E-state index contributed by atoms with van der Waals surface area (Å²) in [5.41, 5.74) is 0.756. The van der Waals surface area contributed by atoms with E-state index < -0.39 is 0 Å². The quantitative estimate of drug-likeness (QED) is 0.762. The van der Waals surface area contributed by atoms with Gasteiger partial charge in [0.05, 0.1) is 5.39 Å². The number of aromatic nitrogens is 3. The largest absolute Gasteiger partial charge is 0.346 e. The van der Waals surface area contributed by atoms with E-state index in [0.29, 0.717) is 17.0 Å². The van der Waals surface area contributed by atoms with E-state index in [0.717, 1.165) is 31.8 Å². The molecule has 0 aromatic carbocycles. The molecule has 1 aliphatic heterocycles. The molecule has 90 valence electrons. The third-order valence-electron chi connectivity index (χ3n) is 3.53. The molecule has 1 saturated heterocycles. The van der Waals surface area contributed by atoms with Crippen LogP contribution in [0.3, 0.4) is 0 Å². The highest BCUT2D eigenvalue weighted by Gasteiger charge is 2.20. The molecule has 1 aliphatic rings. The molecule has 2 aromatic rings. The second-order valence-electron chi connectivity index (χ2n) is 4.60. The van der Waals surface area contributed by atoms with Gasteiger partial charge in [-0.3, -0.25) is 9.36 Å². The number of rotatable bonds is 1. The summed E-state index contributed by atoms with van der Waals surface area (Å²) in [5, 5.41) is 4.00. The Morgan fingerprint density at radius 3 is 2.94 bits per heavy atom. The molecule has 17 heavy (non-hydrogen) atoms. The van der Waals surface area contributed by atoms with Gasteiger partial charge in [-0.15, -0.1) is 0 Å². The summed E-state index contributed by atoms with van der Waals surface area (Å²) in [4.78, 5) is 19.8. The summed E-state index contributed by atoms with van der Waals surface area (Å²) in [5.74, 6) is 1.30. The van der Waals surface area contributed by atoms with E-state index in [4.69, 9.17) is 0 Å². The summed E-state index contributed by atoms with van der Waals surface area (Å²) >= 11 is 0. The van der Waals surface area contributed by atoms with Crippen molar-refractivity contribution in [2.24, 2.45) is 7.05 Å². The Bertz CT molecular complexity index is 592. The number of hydrogen-bond donors (Lipinski definition) is 2. The van der Waals surface area contributed by atoms with Crippen molar-refractivity contribution >= 4 is 11.0 Å². The van der Waals surface area contributed by atoms with Crippen molar-refractivity contribution in [1.29, 1.82) is 0 Å². The fourth-order valence-electron chi connectivity index (χ4n) is 2.55. The normalized spacial score (nSPS) is 17.7. The van der Waals surface area contributed by atoms with Crippen molar-refractivity contribution in [3.05, 3.63) is 28.4 Å². The number of nitrogens with one attached hydrogen (secondary N) is 2. The molecule has 0 spiro atoms. The number of piperidine rings is 1. The van der Waals surface area contributed by atoms with E-state index in [1.807, 2.05) is 7.05 Å². The molecule has 5 nitrogen and oxygen atoms in total. The van der Waals surface area contributed by atoms with E-state index >= 15 is 0 Å². The molecule has 5 heteroatoms. The van der Waals surface area contributed by atoms with Crippen LogP contribution in [0.2, 0.25) is 0 Å². The summed E-state index contributed by atoms with van der Waals surface area (Å²) in [7, 11) is 1.82. The number of H-pyrrole nitrogens is 1. The van der Waals surface area contributed by atoms with Gasteiger partial charge >= 0.3 is 0 Å². The third-order valence-corrected chi connectivity index (χ3v) is 3.53. The minimum absolute atomic E-state index is 0.0461. The molecule has 0 bridgehead atoms. The van der Waals surface area contributed by atoms with Crippen LogP contribution in [0, 0.1) is 0 Å². The van der Waals surface area contributed by atoms with Gasteiger partial charge in [0.15, 0.2) is 0 Å². The van der Waals surface area contributed by atoms with Crippen molar-refractivity contribution in [1.82, 2.24) is 19.9 Å². The number of nitrogens with zero attached hydrogens (tertiary/aromatic N) is 2. The summed E-state index contributed by atoms with van der Waals surface area (Å²) in [6, 6.07) is 1.79.